The van der Waals surface area contributed by atoms with Gasteiger partial charge in [0.05, 0.1) is 5.60 Å². The molecule has 1 aliphatic heterocycles. The second kappa shape index (κ2) is 5.51. The SMILES string of the molecule is CC1(O)CCCN(CCCI)CC1. The fourth-order valence-corrected chi connectivity index (χ4v) is 2.17. The topological polar surface area (TPSA) is 23.5 Å². The molecule has 1 atom stereocenters. The van der Waals surface area contributed by atoms with Crippen LogP contribution in [-0.2, 0) is 0 Å². The molecule has 13 heavy (non-hydrogen) atoms. The van der Waals surface area contributed by atoms with Crippen LogP contribution in [0, 0.1) is 0 Å². The van der Waals surface area contributed by atoms with Crippen molar-refractivity contribution in [3.05, 3.63) is 0 Å². The van der Waals surface area contributed by atoms with E-state index in [9.17, 15) is 5.11 Å². The first-order valence-electron chi connectivity index (χ1n) is 5.15. The van der Waals surface area contributed by atoms with Crippen molar-refractivity contribution < 1.29 is 5.11 Å². The van der Waals surface area contributed by atoms with Gasteiger partial charge in [0.1, 0.15) is 0 Å². The Morgan fingerprint density at radius 3 is 2.85 bits per heavy atom. The normalized spacial score (nSPS) is 31.6. The van der Waals surface area contributed by atoms with E-state index in [1.54, 1.807) is 0 Å². The molecule has 1 heterocycles. The van der Waals surface area contributed by atoms with Gasteiger partial charge in [-0.05, 0) is 45.7 Å². The van der Waals surface area contributed by atoms with E-state index >= 15 is 0 Å². The van der Waals surface area contributed by atoms with Crippen LogP contribution < -0.4 is 0 Å². The molecule has 1 rings (SSSR count). The zero-order valence-electron chi connectivity index (χ0n) is 8.43. The number of halogens is 1. The lowest BCUT2D eigenvalue weighted by Gasteiger charge is -2.22. The first kappa shape index (κ1) is 11.7. The van der Waals surface area contributed by atoms with Crippen molar-refractivity contribution in [2.75, 3.05) is 24.1 Å². The molecule has 0 bridgehead atoms. The highest BCUT2D eigenvalue weighted by molar-refractivity contribution is 14.1. The maximum absolute atomic E-state index is 9.87. The van der Waals surface area contributed by atoms with E-state index in [2.05, 4.69) is 27.5 Å². The van der Waals surface area contributed by atoms with Gasteiger partial charge in [-0.15, -0.1) is 0 Å². The number of hydrogen-bond donors (Lipinski definition) is 1. The summed E-state index contributed by atoms with van der Waals surface area (Å²) in [7, 11) is 0. The van der Waals surface area contributed by atoms with Gasteiger partial charge in [0.15, 0.2) is 0 Å². The number of nitrogens with zero attached hydrogens (tertiary/aromatic N) is 1. The van der Waals surface area contributed by atoms with Crippen LogP contribution >= 0.6 is 22.6 Å². The number of aliphatic hydroxyl groups is 1. The van der Waals surface area contributed by atoms with Crippen molar-refractivity contribution in [1.82, 2.24) is 4.90 Å². The summed E-state index contributed by atoms with van der Waals surface area (Å²) in [6.45, 7) is 5.42. The lowest BCUT2D eigenvalue weighted by molar-refractivity contribution is 0.0447. The summed E-state index contributed by atoms with van der Waals surface area (Å²) < 4.78 is 1.24. The zero-order chi connectivity index (χ0) is 9.73. The van der Waals surface area contributed by atoms with Crippen molar-refractivity contribution in [3.8, 4) is 0 Å². The first-order valence-corrected chi connectivity index (χ1v) is 6.67. The van der Waals surface area contributed by atoms with Gasteiger partial charge < -0.3 is 10.0 Å². The monoisotopic (exact) mass is 297 g/mol. The Bertz CT molecular complexity index is 150. The minimum atomic E-state index is -0.404. The predicted molar refractivity (Wildman–Crippen MR) is 64.4 cm³/mol. The van der Waals surface area contributed by atoms with Gasteiger partial charge in [-0.2, -0.15) is 0 Å². The molecule has 1 saturated heterocycles. The third-order valence-corrected chi connectivity index (χ3v) is 3.53. The Labute approximate surface area is 94.8 Å². The summed E-state index contributed by atoms with van der Waals surface area (Å²) in [5, 5.41) is 9.87. The summed E-state index contributed by atoms with van der Waals surface area (Å²) in [6, 6.07) is 0. The van der Waals surface area contributed by atoms with Crippen molar-refractivity contribution in [3.63, 3.8) is 0 Å². The van der Waals surface area contributed by atoms with E-state index in [4.69, 9.17) is 0 Å². The summed E-state index contributed by atoms with van der Waals surface area (Å²) in [6.07, 6.45) is 4.33. The van der Waals surface area contributed by atoms with Crippen molar-refractivity contribution in [2.45, 2.75) is 38.2 Å². The average Bonchev–Trinajstić information content (AvgIpc) is 2.23. The quantitative estimate of drug-likeness (QED) is 0.636. The number of rotatable bonds is 3. The first-order chi connectivity index (χ1) is 6.14. The summed E-state index contributed by atoms with van der Waals surface area (Å²) in [5.74, 6) is 0. The van der Waals surface area contributed by atoms with E-state index in [1.165, 1.54) is 23.9 Å². The molecular weight excluding hydrogens is 277 g/mol. The molecule has 2 nitrogen and oxygen atoms in total. The molecular formula is C10H20INO. The Morgan fingerprint density at radius 1 is 1.38 bits per heavy atom. The highest BCUT2D eigenvalue weighted by Crippen LogP contribution is 2.21. The van der Waals surface area contributed by atoms with Gasteiger partial charge in [-0.25, -0.2) is 0 Å². The molecule has 1 unspecified atom stereocenters. The molecule has 0 amide bonds. The minimum Gasteiger partial charge on any atom is -0.390 e. The molecule has 0 aromatic rings. The van der Waals surface area contributed by atoms with Crippen molar-refractivity contribution >= 4 is 22.6 Å². The van der Waals surface area contributed by atoms with Crippen LogP contribution in [0.2, 0.25) is 0 Å². The number of likely N-dealkylation sites (tertiary alicyclic amines) is 1. The molecule has 3 heteroatoms. The Hall–Kier alpha value is 0.650. The average molecular weight is 297 g/mol. The van der Waals surface area contributed by atoms with Crippen LogP contribution in [0.25, 0.3) is 0 Å². The van der Waals surface area contributed by atoms with Crippen molar-refractivity contribution in [2.24, 2.45) is 0 Å². The van der Waals surface area contributed by atoms with Gasteiger partial charge in [-0.1, -0.05) is 22.6 Å². The van der Waals surface area contributed by atoms with Crippen LogP contribution in [-0.4, -0.2) is 39.7 Å². The summed E-state index contributed by atoms with van der Waals surface area (Å²) in [4.78, 5) is 2.49. The third kappa shape index (κ3) is 4.61. The maximum Gasteiger partial charge on any atom is 0.0632 e. The zero-order valence-corrected chi connectivity index (χ0v) is 10.6. The molecule has 0 saturated carbocycles. The Kier molecular flexibility index (Phi) is 4.97. The van der Waals surface area contributed by atoms with Crippen molar-refractivity contribution in [1.29, 1.82) is 0 Å². The molecule has 1 N–H and O–H groups in total. The van der Waals surface area contributed by atoms with Crippen LogP contribution in [0.1, 0.15) is 32.6 Å². The van der Waals surface area contributed by atoms with E-state index in [1.807, 2.05) is 6.92 Å². The van der Waals surface area contributed by atoms with Crippen LogP contribution in [0.15, 0.2) is 0 Å². The maximum atomic E-state index is 9.87. The van der Waals surface area contributed by atoms with Crippen LogP contribution in [0.5, 0.6) is 0 Å². The van der Waals surface area contributed by atoms with E-state index in [0.717, 1.165) is 25.8 Å². The fraction of sp³-hybridized carbons (Fsp3) is 1.00. The number of hydrogen-bond acceptors (Lipinski definition) is 2. The van der Waals surface area contributed by atoms with Gasteiger partial charge >= 0.3 is 0 Å². The second-order valence-corrected chi connectivity index (χ2v) is 5.31. The molecule has 1 aliphatic rings. The molecule has 0 aromatic heterocycles. The number of alkyl halides is 1. The van der Waals surface area contributed by atoms with E-state index < -0.39 is 5.60 Å². The van der Waals surface area contributed by atoms with Gasteiger partial charge in [0, 0.05) is 11.0 Å². The Balaban J connectivity index is 2.28. The predicted octanol–water partition coefficient (Wildman–Crippen LogP) is 2.05. The van der Waals surface area contributed by atoms with Crippen LogP contribution in [0.4, 0.5) is 0 Å². The second-order valence-electron chi connectivity index (χ2n) is 4.23. The third-order valence-electron chi connectivity index (χ3n) is 2.76. The highest BCUT2D eigenvalue weighted by atomic mass is 127. The van der Waals surface area contributed by atoms with Gasteiger partial charge in [0.2, 0.25) is 0 Å². The lowest BCUT2D eigenvalue weighted by atomic mass is 9.98. The smallest absolute Gasteiger partial charge is 0.0632 e. The van der Waals surface area contributed by atoms with Gasteiger partial charge in [-0.3, -0.25) is 0 Å². The summed E-state index contributed by atoms with van der Waals surface area (Å²) in [5.41, 5.74) is -0.404. The molecule has 0 aromatic carbocycles. The summed E-state index contributed by atoms with van der Waals surface area (Å²) >= 11 is 2.42. The standard InChI is InChI=1S/C10H20INO/c1-10(13)4-2-7-12(9-5-10)8-3-6-11/h13H,2-9H2,1H3. The lowest BCUT2D eigenvalue weighted by Crippen LogP contribution is -2.29. The largest absolute Gasteiger partial charge is 0.390 e. The van der Waals surface area contributed by atoms with Crippen LogP contribution in [0.3, 0.4) is 0 Å². The molecule has 0 spiro atoms. The van der Waals surface area contributed by atoms with Gasteiger partial charge in [0.25, 0.3) is 0 Å². The molecule has 78 valence electrons. The Morgan fingerprint density at radius 2 is 2.15 bits per heavy atom. The van der Waals surface area contributed by atoms with E-state index in [-0.39, 0.29) is 0 Å². The molecule has 0 radical (unpaired) electrons. The molecule has 0 aliphatic carbocycles. The molecule has 1 fully saturated rings. The van der Waals surface area contributed by atoms with E-state index in [0.29, 0.717) is 0 Å². The fourth-order valence-electron chi connectivity index (χ4n) is 1.83. The highest BCUT2D eigenvalue weighted by Gasteiger charge is 2.24. The minimum absolute atomic E-state index is 0.404.